The minimum atomic E-state index is -3.78. The molecule has 1 atom stereocenters. The number of hydrogen-bond acceptors (Lipinski definition) is 4. The van der Waals surface area contributed by atoms with Gasteiger partial charge in [0.1, 0.15) is 11.8 Å². The van der Waals surface area contributed by atoms with Gasteiger partial charge in [0.2, 0.25) is 0 Å². The van der Waals surface area contributed by atoms with Gasteiger partial charge in [-0.25, -0.2) is 4.79 Å². The van der Waals surface area contributed by atoms with Crippen LogP contribution < -0.4 is 5.73 Å². The lowest BCUT2D eigenvalue weighted by molar-refractivity contribution is -0.175. The Morgan fingerprint density at radius 1 is 1.69 bits per heavy atom. The molecule has 16 heavy (non-hydrogen) atoms. The standard InChI is InChI=1S/C9H11F2NO3.ClH/c1-2-14-8(13)9(10,11)7(12)6-4-3-5-15-6;/h3-5,7H,2,12H2,1H3;1H/t7-;/m1./s1. The van der Waals surface area contributed by atoms with Crippen LogP contribution in [0.2, 0.25) is 0 Å². The van der Waals surface area contributed by atoms with E-state index in [0.29, 0.717) is 0 Å². The Balaban J connectivity index is 0.00000225. The van der Waals surface area contributed by atoms with Crippen LogP contribution in [0.5, 0.6) is 0 Å². The lowest BCUT2D eigenvalue weighted by atomic mass is 10.1. The summed E-state index contributed by atoms with van der Waals surface area (Å²) in [6, 6.07) is 0.861. The van der Waals surface area contributed by atoms with Gasteiger partial charge in [-0.3, -0.25) is 0 Å². The van der Waals surface area contributed by atoms with E-state index >= 15 is 0 Å². The maximum Gasteiger partial charge on any atom is 0.379 e. The highest BCUT2D eigenvalue weighted by molar-refractivity contribution is 5.85. The van der Waals surface area contributed by atoms with E-state index in [9.17, 15) is 13.6 Å². The smallest absolute Gasteiger partial charge is 0.379 e. The number of nitrogens with two attached hydrogens (primary N) is 1. The third kappa shape index (κ3) is 2.93. The minimum Gasteiger partial charge on any atom is -0.467 e. The van der Waals surface area contributed by atoms with E-state index in [-0.39, 0.29) is 24.8 Å². The molecule has 0 radical (unpaired) electrons. The first-order valence-electron chi connectivity index (χ1n) is 4.34. The van der Waals surface area contributed by atoms with Gasteiger partial charge < -0.3 is 14.9 Å². The minimum absolute atomic E-state index is 0. The number of halogens is 3. The van der Waals surface area contributed by atoms with E-state index in [4.69, 9.17) is 10.2 Å². The van der Waals surface area contributed by atoms with Crippen LogP contribution >= 0.6 is 12.4 Å². The molecule has 0 aliphatic heterocycles. The van der Waals surface area contributed by atoms with Crippen LogP contribution in [0.25, 0.3) is 0 Å². The molecule has 2 N–H and O–H groups in total. The number of rotatable bonds is 4. The maximum absolute atomic E-state index is 13.3. The first-order chi connectivity index (χ1) is 7.00. The van der Waals surface area contributed by atoms with Crippen LogP contribution in [0.3, 0.4) is 0 Å². The van der Waals surface area contributed by atoms with Gasteiger partial charge in [0.15, 0.2) is 0 Å². The van der Waals surface area contributed by atoms with Crippen molar-refractivity contribution in [1.82, 2.24) is 0 Å². The molecule has 0 saturated carbocycles. The Bertz CT molecular complexity index is 330. The molecule has 92 valence electrons. The third-order valence-corrected chi connectivity index (χ3v) is 1.79. The Kier molecular flexibility index (Phi) is 5.40. The van der Waals surface area contributed by atoms with E-state index < -0.39 is 17.9 Å². The second kappa shape index (κ2) is 5.81. The average molecular weight is 256 g/mol. The Labute approximate surface area is 97.1 Å². The molecule has 4 nitrogen and oxygen atoms in total. The molecule has 1 aromatic rings. The van der Waals surface area contributed by atoms with E-state index in [1.54, 1.807) is 0 Å². The summed E-state index contributed by atoms with van der Waals surface area (Å²) in [5.74, 6) is -5.59. The molecule has 1 aromatic heterocycles. The van der Waals surface area contributed by atoms with Crippen LogP contribution in [-0.4, -0.2) is 18.5 Å². The predicted octanol–water partition coefficient (Wildman–Crippen LogP) is 1.90. The number of alkyl halides is 2. The van der Waals surface area contributed by atoms with Crippen molar-refractivity contribution in [2.75, 3.05) is 6.61 Å². The van der Waals surface area contributed by atoms with Crippen molar-refractivity contribution < 1.29 is 22.7 Å². The van der Waals surface area contributed by atoms with Crippen LogP contribution in [0.1, 0.15) is 18.7 Å². The van der Waals surface area contributed by atoms with E-state index in [1.807, 2.05) is 0 Å². The lowest BCUT2D eigenvalue weighted by Gasteiger charge is -2.19. The van der Waals surface area contributed by atoms with E-state index in [1.165, 1.54) is 25.3 Å². The highest BCUT2D eigenvalue weighted by atomic mass is 35.5. The number of ether oxygens (including phenoxy) is 1. The summed E-state index contributed by atoms with van der Waals surface area (Å²) in [5, 5.41) is 0. The van der Waals surface area contributed by atoms with Gasteiger partial charge in [-0.05, 0) is 19.1 Å². The average Bonchev–Trinajstić information content (AvgIpc) is 2.69. The number of carbonyl (C=O) groups is 1. The predicted molar refractivity (Wildman–Crippen MR) is 54.5 cm³/mol. The molecule has 7 heteroatoms. The van der Waals surface area contributed by atoms with E-state index in [2.05, 4.69) is 4.74 Å². The molecular weight excluding hydrogens is 244 g/mol. The number of furan rings is 1. The SMILES string of the molecule is CCOC(=O)C(F)(F)[C@H](N)c1ccco1.Cl. The topological polar surface area (TPSA) is 65.5 Å². The second-order valence-electron chi connectivity index (χ2n) is 2.84. The fourth-order valence-electron chi connectivity index (χ4n) is 1.00. The third-order valence-electron chi connectivity index (χ3n) is 1.79. The molecule has 0 fully saturated rings. The first-order valence-corrected chi connectivity index (χ1v) is 4.34. The molecule has 0 aliphatic rings. The van der Waals surface area contributed by atoms with Crippen molar-refractivity contribution in [2.24, 2.45) is 5.73 Å². The molecule has 0 amide bonds. The van der Waals surface area contributed by atoms with Crippen molar-refractivity contribution >= 4 is 18.4 Å². The summed E-state index contributed by atoms with van der Waals surface area (Å²) >= 11 is 0. The summed E-state index contributed by atoms with van der Waals surface area (Å²) in [4.78, 5) is 10.9. The second-order valence-corrected chi connectivity index (χ2v) is 2.84. The monoisotopic (exact) mass is 255 g/mol. The van der Waals surface area contributed by atoms with Gasteiger partial charge in [-0.15, -0.1) is 12.4 Å². The summed E-state index contributed by atoms with van der Waals surface area (Å²) < 4.78 is 35.5. The lowest BCUT2D eigenvalue weighted by Crippen LogP contribution is -2.41. The fraction of sp³-hybridized carbons (Fsp3) is 0.444. The van der Waals surface area contributed by atoms with Gasteiger partial charge in [0.05, 0.1) is 12.9 Å². The van der Waals surface area contributed by atoms with Crippen LogP contribution in [-0.2, 0) is 9.53 Å². The number of esters is 1. The quantitative estimate of drug-likeness (QED) is 0.835. The van der Waals surface area contributed by atoms with E-state index in [0.717, 1.165) is 0 Å². The fourth-order valence-corrected chi connectivity index (χ4v) is 1.00. The van der Waals surface area contributed by atoms with Crippen molar-refractivity contribution in [3.8, 4) is 0 Å². The summed E-state index contributed by atoms with van der Waals surface area (Å²) in [6.07, 6.45) is 1.20. The Morgan fingerprint density at radius 3 is 2.75 bits per heavy atom. The van der Waals surface area contributed by atoms with Gasteiger partial charge in [-0.1, -0.05) is 0 Å². The molecule has 1 heterocycles. The van der Waals surface area contributed by atoms with Gasteiger partial charge >= 0.3 is 11.9 Å². The first kappa shape index (κ1) is 14.9. The van der Waals surface area contributed by atoms with Crippen LogP contribution in [0, 0.1) is 0 Å². The molecule has 0 bridgehead atoms. The molecule has 0 unspecified atom stereocenters. The normalized spacial score (nSPS) is 12.8. The summed E-state index contributed by atoms with van der Waals surface area (Å²) in [6.45, 7) is 1.31. The molecule has 0 spiro atoms. The Hall–Kier alpha value is -1.14. The zero-order chi connectivity index (χ0) is 11.5. The zero-order valence-corrected chi connectivity index (χ0v) is 9.30. The number of carbonyl (C=O) groups excluding carboxylic acids is 1. The summed E-state index contributed by atoms with van der Waals surface area (Å²) in [5.41, 5.74) is 5.20. The highest BCUT2D eigenvalue weighted by Crippen LogP contribution is 2.30. The van der Waals surface area contributed by atoms with Gasteiger partial charge in [0.25, 0.3) is 0 Å². The van der Waals surface area contributed by atoms with Gasteiger partial charge in [0, 0.05) is 0 Å². The van der Waals surface area contributed by atoms with Crippen molar-refractivity contribution in [1.29, 1.82) is 0 Å². The largest absolute Gasteiger partial charge is 0.467 e. The molecule has 0 aliphatic carbocycles. The van der Waals surface area contributed by atoms with Gasteiger partial charge in [-0.2, -0.15) is 8.78 Å². The molecular formula is C9H12ClF2NO3. The summed E-state index contributed by atoms with van der Waals surface area (Å²) in [7, 11) is 0. The molecule has 0 saturated heterocycles. The van der Waals surface area contributed by atoms with Crippen molar-refractivity contribution in [3.05, 3.63) is 24.2 Å². The number of hydrogen-bond donors (Lipinski definition) is 1. The van der Waals surface area contributed by atoms with Crippen molar-refractivity contribution in [2.45, 2.75) is 18.9 Å². The maximum atomic E-state index is 13.3. The Morgan fingerprint density at radius 2 is 2.31 bits per heavy atom. The molecule has 0 aromatic carbocycles. The van der Waals surface area contributed by atoms with Crippen LogP contribution in [0.15, 0.2) is 22.8 Å². The van der Waals surface area contributed by atoms with Crippen LogP contribution in [0.4, 0.5) is 8.78 Å². The van der Waals surface area contributed by atoms with Crippen molar-refractivity contribution in [3.63, 3.8) is 0 Å². The molecule has 1 rings (SSSR count). The highest BCUT2D eigenvalue weighted by Gasteiger charge is 2.49. The zero-order valence-electron chi connectivity index (χ0n) is 8.48.